The molecule has 2 rings (SSSR count). The van der Waals surface area contributed by atoms with E-state index in [2.05, 4.69) is 10.6 Å². The minimum Gasteiger partial charge on any atom is -0.387 e. The number of carbonyl (C=O) groups is 1. The molecule has 4 nitrogen and oxygen atoms in total. The van der Waals surface area contributed by atoms with Crippen molar-refractivity contribution in [2.45, 2.75) is 45.1 Å². The van der Waals surface area contributed by atoms with Crippen LogP contribution in [0.2, 0.25) is 0 Å². The second kappa shape index (κ2) is 7.49. The Bertz CT molecular complexity index is 566. The van der Waals surface area contributed by atoms with E-state index in [1.54, 1.807) is 6.20 Å². The van der Waals surface area contributed by atoms with Gasteiger partial charge in [-0.3, -0.25) is 4.79 Å². The zero-order chi connectivity index (χ0) is 15.1. The number of nitriles is 1. The summed E-state index contributed by atoms with van der Waals surface area (Å²) in [4.78, 5) is 12.1. The second-order valence-corrected chi connectivity index (χ2v) is 5.50. The fraction of sp³-hybridized carbons (Fsp3) is 0.412. The number of hydrogen-bond donors (Lipinski definition) is 2. The molecule has 0 spiro atoms. The molecular formula is C17H21N3O. The first-order valence-electron chi connectivity index (χ1n) is 7.43. The van der Waals surface area contributed by atoms with Crippen LogP contribution in [-0.2, 0) is 4.79 Å². The Balaban J connectivity index is 1.96. The molecule has 4 heteroatoms. The lowest BCUT2D eigenvalue weighted by Gasteiger charge is -2.21. The van der Waals surface area contributed by atoms with Gasteiger partial charge in [-0.15, -0.1) is 0 Å². The predicted octanol–water partition coefficient (Wildman–Crippen LogP) is 3.26. The largest absolute Gasteiger partial charge is 0.387 e. The zero-order valence-corrected chi connectivity index (χ0v) is 12.4. The van der Waals surface area contributed by atoms with Crippen LogP contribution in [0.3, 0.4) is 0 Å². The van der Waals surface area contributed by atoms with Crippen LogP contribution < -0.4 is 10.6 Å². The van der Waals surface area contributed by atoms with Crippen molar-refractivity contribution >= 4 is 11.6 Å². The van der Waals surface area contributed by atoms with Gasteiger partial charge in [-0.1, -0.05) is 31.4 Å². The van der Waals surface area contributed by atoms with Crippen LogP contribution in [0.15, 0.2) is 36.0 Å². The van der Waals surface area contributed by atoms with Gasteiger partial charge in [-0.05, 0) is 37.5 Å². The number of hydrogen-bond acceptors (Lipinski definition) is 3. The van der Waals surface area contributed by atoms with Gasteiger partial charge >= 0.3 is 0 Å². The third-order valence-electron chi connectivity index (χ3n) is 3.71. The molecule has 1 saturated carbocycles. The number of rotatable bonds is 4. The molecule has 21 heavy (non-hydrogen) atoms. The van der Waals surface area contributed by atoms with Gasteiger partial charge in [0.2, 0.25) is 0 Å². The SMILES string of the molecule is Cc1cccc(NC(=O)/C(C#N)=C\NC2CCCCC2)c1. The van der Waals surface area contributed by atoms with Crippen LogP contribution in [0.1, 0.15) is 37.7 Å². The molecule has 1 fully saturated rings. The van der Waals surface area contributed by atoms with E-state index < -0.39 is 0 Å². The van der Waals surface area contributed by atoms with Crippen LogP contribution >= 0.6 is 0 Å². The van der Waals surface area contributed by atoms with Crippen molar-refractivity contribution in [3.8, 4) is 6.07 Å². The Morgan fingerprint density at radius 2 is 2.10 bits per heavy atom. The third-order valence-corrected chi connectivity index (χ3v) is 3.71. The summed E-state index contributed by atoms with van der Waals surface area (Å²) >= 11 is 0. The second-order valence-electron chi connectivity index (χ2n) is 5.50. The van der Waals surface area contributed by atoms with Gasteiger partial charge < -0.3 is 10.6 Å². The van der Waals surface area contributed by atoms with E-state index in [1.165, 1.54) is 19.3 Å². The van der Waals surface area contributed by atoms with E-state index in [-0.39, 0.29) is 11.5 Å². The molecule has 1 amide bonds. The van der Waals surface area contributed by atoms with E-state index >= 15 is 0 Å². The summed E-state index contributed by atoms with van der Waals surface area (Å²) < 4.78 is 0. The lowest BCUT2D eigenvalue weighted by Crippen LogP contribution is -2.28. The highest BCUT2D eigenvalue weighted by atomic mass is 16.1. The Labute approximate surface area is 125 Å². The summed E-state index contributed by atoms with van der Waals surface area (Å²) in [5.74, 6) is -0.369. The molecule has 0 aromatic heterocycles. The van der Waals surface area contributed by atoms with Crippen LogP contribution in [0.4, 0.5) is 5.69 Å². The maximum atomic E-state index is 12.1. The van der Waals surface area contributed by atoms with Gasteiger partial charge in [-0.25, -0.2) is 0 Å². The molecule has 0 aliphatic heterocycles. The molecule has 1 aliphatic carbocycles. The van der Waals surface area contributed by atoms with Crippen molar-refractivity contribution in [3.63, 3.8) is 0 Å². The third kappa shape index (κ3) is 4.64. The lowest BCUT2D eigenvalue weighted by molar-refractivity contribution is -0.112. The Kier molecular flexibility index (Phi) is 5.39. The standard InChI is InChI=1S/C17H21N3O/c1-13-6-5-9-16(10-13)20-17(21)14(11-18)12-19-15-7-3-2-4-8-15/h5-6,9-10,12,15,19H,2-4,7-8H2,1H3,(H,20,21)/b14-12-. The fourth-order valence-corrected chi connectivity index (χ4v) is 2.54. The van der Waals surface area contributed by atoms with Crippen molar-refractivity contribution < 1.29 is 4.79 Å². The first-order chi connectivity index (χ1) is 10.2. The van der Waals surface area contributed by atoms with E-state index in [0.29, 0.717) is 11.7 Å². The minimum atomic E-state index is -0.369. The van der Waals surface area contributed by atoms with Crippen LogP contribution in [0.5, 0.6) is 0 Å². The Morgan fingerprint density at radius 1 is 1.33 bits per heavy atom. The highest BCUT2D eigenvalue weighted by molar-refractivity contribution is 6.06. The van der Waals surface area contributed by atoms with E-state index in [4.69, 9.17) is 5.26 Å². The molecule has 0 saturated heterocycles. The normalized spacial score (nSPS) is 16.1. The summed E-state index contributed by atoms with van der Waals surface area (Å²) in [5, 5.41) is 15.1. The van der Waals surface area contributed by atoms with Gasteiger partial charge in [0.15, 0.2) is 0 Å². The average molecular weight is 283 g/mol. The summed E-state index contributed by atoms with van der Waals surface area (Å²) in [6, 6.07) is 9.87. The fourth-order valence-electron chi connectivity index (χ4n) is 2.54. The number of anilines is 1. The van der Waals surface area contributed by atoms with Gasteiger partial charge in [0, 0.05) is 17.9 Å². The van der Waals surface area contributed by atoms with Crippen LogP contribution in [0, 0.1) is 18.3 Å². The van der Waals surface area contributed by atoms with Gasteiger partial charge in [0.25, 0.3) is 5.91 Å². The molecule has 110 valence electrons. The average Bonchev–Trinajstić information content (AvgIpc) is 2.49. The summed E-state index contributed by atoms with van der Waals surface area (Å²) in [6.07, 6.45) is 7.47. The number of amides is 1. The van der Waals surface area contributed by atoms with Gasteiger partial charge in [0.1, 0.15) is 11.6 Å². The predicted molar refractivity (Wildman–Crippen MR) is 83.5 cm³/mol. The minimum absolute atomic E-state index is 0.113. The highest BCUT2D eigenvalue weighted by Crippen LogP contribution is 2.17. The number of nitrogens with zero attached hydrogens (tertiary/aromatic N) is 1. The monoisotopic (exact) mass is 283 g/mol. The molecule has 1 aliphatic rings. The molecule has 1 aromatic carbocycles. The number of benzene rings is 1. The maximum absolute atomic E-state index is 12.1. The zero-order valence-electron chi connectivity index (χ0n) is 12.4. The Hall–Kier alpha value is -2.28. The number of carbonyl (C=O) groups excluding carboxylic acids is 1. The molecule has 0 atom stereocenters. The van der Waals surface area contributed by atoms with Crippen molar-refractivity contribution in [2.75, 3.05) is 5.32 Å². The van der Waals surface area contributed by atoms with Crippen LogP contribution in [-0.4, -0.2) is 11.9 Å². The molecule has 1 aromatic rings. The molecule has 2 N–H and O–H groups in total. The van der Waals surface area contributed by atoms with Crippen molar-refractivity contribution in [3.05, 3.63) is 41.6 Å². The smallest absolute Gasteiger partial charge is 0.267 e. The first-order valence-corrected chi connectivity index (χ1v) is 7.43. The lowest BCUT2D eigenvalue weighted by atomic mass is 9.96. The quantitative estimate of drug-likeness (QED) is 0.658. The van der Waals surface area contributed by atoms with E-state index in [9.17, 15) is 4.79 Å². The van der Waals surface area contributed by atoms with Gasteiger partial charge in [-0.2, -0.15) is 5.26 Å². The molecular weight excluding hydrogens is 262 g/mol. The highest BCUT2D eigenvalue weighted by Gasteiger charge is 2.13. The molecule has 0 radical (unpaired) electrons. The van der Waals surface area contributed by atoms with E-state index in [0.717, 1.165) is 18.4 Å². The summed E-state index contributed by atoms with van der Waals surface area (Å²) in [6.45, 7) is 1.96. The van der Waals surface area contributed by atoms with Crippen LogP contribution in [0.25, 0.3) is 0 Å². The topological polar surface area (TPSA) is 64.9 Å². The Morgan fingerprint density at radius 3 is 2.76 bits per heavy atom. The first kappa shape index (κ1) is 15.1. The maximum Gasteiger partial charge on any atom is 0.267 e. The van der Waals surface area contributed by atoms with Crippen molar-refractivity contribution in [2.24, 2.45) is 0 Å². The summed E-state index contributed by atoms with van der Waals surface area (Å²) in [7, 11) is 0. The van der Waals surface area contributed by atoms with Crippen molar-refractivity contribution in [1.29, 1.82) is 5.26 Å². The van der Waals surface area contributed by atoms with Gasteiger partial charge in [0.05, 0.1) is 0 Å². The number of nitrogens with one attached hydrogen (secondary N) is 2. The number of aryl methyl sites for hydroxylation is 1. The summed E-state index contributed by atoms with van der Waals surface area (Å²) in [5.41, 5.74) is 1.89. The molecule has 0 unspecified atom stereocenters. The molecule has 0 heterocycles. The molecule has 0 bridgehead atoms. The van der Waals surface area contributed by atoms with Crippen molar-refractivity contribution in [1.82, 2.24) is 5.32 Å². The van der Waals surface area contributed by atoms with E-state index in [1.807, 2.05) is 37.3 Å².